The molecule has 0 spiro atoms. The van der Waals surface area contributed by atoms with Gasteiger partial charge in [-0.05, 0) is 79.9 Å². The summed E-state index contributed by atoms with van der Waals surface area (Å²) >= 11 is 0. The van der Waals surface area contributed by atoms with E-state index in [0.717, 1.165) is 39.0 Å². The molecule has 0 saturated heterocycles. The zero-order valence-corrected chi connectivity index (χ0v) is 28.9. The summed E-state index contributed by atoms with van der Waals surface area (Å²) in [5.74, 6) is 0. The van der Waals surface area contributed by atoms with Crippen LogP contribution in [0.5, 0.6) is 0 Å². The average Bonchev–Trinajstić information content (AvgIpc) is 3.77. The van der Waals surface area contributed by atoms with Crippen LogP contribution in [-0.4, -0.2) is 0 Å². The maximum absolute atomic E-state index is 6.75. The Morgan fingerprint density at radius 2 is 0.943 bits per heavy atom. The van der Waals surface area contributed by atoms with Crippen LogP contribution in [-0.2, 0) is 5.41 Å². The molecule has 2 heteroatoms. The number of fused-ring (bicyclic) bond motifs is 10. The van der Waals surface area contributed by atoms with Crippen molar-refractivity contribution in [3.63, 3.8) is 0 Å². The molecular formula is C51H33NO. The first-order valence-corrected chi connectivity index (χ1v) is 18.3. The maximum Gasteiger partial charge on any atom is 0.159 e. The van der Waals surface area contributed by atoms with Gasteiger partial charge >= 0.3 is 0 Å². The van der Waals surface area contributed by atoms with E-state index < -0.39 is 5.41 Å². The fourth-order valence-corrected chi connectivity index (χ4v) is 9.16. The van der Waals surface area contributed by atoms with Crippen molar-refractivity contribution in [1.82, 2.24) is 0 Å². The van der Waals surface area contributed by atoms with Crippen molar-refractivity contribution in [2.24, 2.45) is 0 Å². The lowest BCUT2D eigenvalue weighted by molar-refractivity contribution is 0.669. The first-order valence-electron chi connectivity index (χ1n) is 18.3. The van der Waals surface area contributed by atoms with Crippen LogP contribution in [0.4, 0.5) is 17.1 Å². The smallest absolute Gasteiger partial charge is 0.159 e. The molecule has 0 amide bonds. The van der Waals surface area contributed by atoms with Gasteiger partial charge in [-0.1, -0.05) is 170 Å². The summed E-state index contributed by atoms with van der Waals surface area (Å²) in [6, 6.07) is 72.8. The van der Waals surface area contributed by atoms with E-state index in [-0.39, 0.29) is 0 Å². The quantitative estimate of drug-likeness (QED) is 0.181. The highest BCUT2D eigenvalue weighted by atomic mass is 16.3. The van der Waals surface area contributed by atoms with Crippen LogP contribution < -0.4 is 4.90 Å². The molecule has 11 rings (SSSR count). The molecule has 10 aromatic rings. The summed E-state index contributed by atoms with van der Waals surface area (Å²) in [6.45, 7) is 0. The molecule has 248 valence electrons. The van der Waals surface area contributed by atoms with Crippen LogP contribution in [0.3, 0.4) is 0 Å². The first-order chi connectivity index (χ1) is 26.3. The second kappa shape index (κ2) is 11.6. The zero-order valence-electron chi connectivity index (χ0n) is 28.9. The molecule has 0 aliphatic heterocycles. The standard InChI is InChI=1S/C51H33NO/c1-4-18-35(19-5-1)51(36-20-6-2-7-21-36)43-32-31-34-17-10-11-24-38(34)48(43)49-41-27-13-12-25-39(41)46(33-44(49)51)52(37-22-8-3-9-23-37)45-29-16-28-42-40-26-14-15-30-47(40)53-50(42)45/h1-33H. The lowest BCUT2D eigenvalue weighted by Gasteiger charge is -2.35. The van der Waals surface area contributed by atoms with Gasteiger partial charge < -0.3 is 9.32 Å². The van der Waals surface area contributed by atoms with Gasteiger partial charge in [0.2, 0.25) is 0 Å². The van der Waals surface area contributed by atoms with E-state index in [1.54, 1.807) is 0 Å². The molecule has 0 atom stereocenters. The van der Waals surface area contributed by atoms with Gasteiger partial charge in [0.15, 0.2) is 5.58 Å². The van der Waals surface area contributed by atoms with E-state index in [9.17, 15) is 0 Å². The molecule has 0 saturated carbocycles. The van der Waals surface area contributed by atoms with E-state index in [0.29, 0.717) is 0 Å². The highest BCUT2D eigenvalue weighted by Crippen LogP contribution is 2.61. The predicted octanol–water partition coefficient (Wildman–Crippen LogP) is 13.7. The van der Waals surface area contributed by atoms with Gasteiger partial charge in [0, 0.05) is 21.8 Å². The minimum Gasteiger partial charge on any atom is -0.454 e. The third kappa shape index (κ3) is 4.21. The van der Waals surface area contributed by atoms with Crippen LogP contribution in [0.1, 0.15) is 22.3 Å². The molecule has 0 bridgehead atoms. The van der Waals surface area contributed by atoms with Crippen molar-refractivity contribution in [2.45, 2.75) is 5.41 Å². The third-order valence-corrected chi connectivity index (χ3v) is 11.3. The molecule has 1 heterocycles. The van der Waals surface area contributed by atoms with Gasteiger partial charge in [-0.3, -0.25) is 0 Å². The average molecular weight is 676 g/mol. The minimum atomic E-state index is -0.580. The number of para-hydroxylation sites is 3. The van der Waals surface area contributed by atoms with Crippen molar-refractivity contribution in [3.05, 3.63) is 222 Å². The molecule has 0 fully saturated rings. The molecule has 0 radical (unpaired) electrons. The van der Waals surface area contributed by atoms with E-state index in [1.807, 2.05) is 6.07 Å². The summed E-state index contributed by atoms with van der Waals surface area (Å²) in [5.41, 5.74) is 12.0. The summed E-state index contributed by atoms with van der Waals surface area (Å²) < 4.78 is 6.75. The monoisotopic (exact) mass is 675 g/mol. The van der Waals surface area contributed by atoms with Gasteiger partial charge in [-0.25, -0.2) is 0 Å². The summed E-state index contributed by atoms with van der Waals surface area (Å²) in [5, 5.41) is 7.13. The molecule has 1 aromatic heterocycles. The molecule has 2 nitrogen and oxygen atoms in total. The number of anilines is 3. The fourth-order valence-electron chi connectivity index (χ4n) is 9.16. The Balaban J connectivity index is 1.33. The van der Waals surface area contributed by atoms with E-state index in [2.05, 4.69) is 199 Å². The van der Waals surface area contributed by atoms with Gasteiger partial charge in [-0.2, -0.15) is 0 Å². The van der Waals surface area contributed by atoms with Crippen molar-refractivity contribution in [1.29, 1.82) is 0 Å². The van der Waals surface area contributed by atoms with Crippen LogP contribution >= 0.6 is 0 Å². The van der Waals surface area contributed by atoms with Crippen molar-refractivity contribution in [3.8, 4) is 11.1 Å². The second-order valence-corrected chi connectivity index (χ2v) is 14.0. The Kier molecular flexibility index (Phi) is 6.50. The Labute approximate surface area is 307 Å². The van der Waals surface area contributed by atoms with Gasteiger partial charge in [0.05, 0.1) is 16.8 Å². The van der Waals surface area contributed by atoms with Crippen molar-refractivity contribution in [2.75, 3.05) is 4.90 Å². The predicted molar refractivity (Wildman–Crippen MR) is 221 cm³/mol. The number of furan rings is 1. The lowest BCUT2D eigenvalue weighted by atomic mass is 9.67. The Morgan fingerprint density at radius 1 is 0.377 bits per heavy atom. The molecule has 1 aliphatic rings. The van der Waals surface area contributed by atoms with E-state index >= 15 is 0 Å². The number of benzene rings is 9. The van der Waals surface area contributed by atoms with Gasteiger partial charge in [-0.15, -0.1) is 0 Å². The molecule has 0 N–H and O–H groups in total. The van der Waals surface area contributed by atoms with Crippen LogP contribution in [0, 0.1) is 0 Å². The number of hydrogen-bond donors (Lipinski definition) is 0. The van der Waals surface area contributed by atoms with Crippen molar-refractivity contribution >= 4 is 60.5 Å². The summed E-state index contributed by atoms with van der Waals surface area (Å²) in [6.07, 6.45) is 0. The minimum absolute atomic E-state index is 0.580. The Hall–Kier alpha value is -6.90. The molecular weight excluding hydrogens is 643 g/mol. The Bertz CT molecular complexity index is 2960. The molecule has 9 aromatic carbocycles. The van der Waals surface area contributed by atoms with E-state index in [4.69, 9.17) is 4.42 Å². The number of rotatable bonds is 5. The first kappa shape index (κ1) is 29.8. The number of nitrogens with zero attached hydrogens (tertiary/aromatic N) is 1. The largest absolute Gasteiger partial charge is 0.454 e. The summed E-state index contributed by atoms with van der Waals surface area (Å²) in [7, 11) is 0. The van der Waals surface area contributed by atoms with Gasteiger partial charge in [0.1, 0.15) is 5.58 Å². The maximum atomic E-state index is 6.75. The molecule has 53 heavy (non-hydrogen) atoms. The normalized spacial score (nSPS) is 13.1. The zero-order chi connectivity index (χ0) is 34.9. The topological polar surface area (TPSA) is 16.4 Å². The van der Waals surface area contributed by atoms with Crippen LogP contribution in [0.25, 0.3) is 54.6 Å². The molecule has 1 aliphatic carbocycles. The molecule has 0 unspecified atom stereocenters. The second-order valence-electron chi connectivity index (χ2n) is 14.0. The van der Waals surface area contributed by atoms with E-state index in [1.165, 1.54) is 54.9 Å². The summed E-state index contributed by atoms with van der Waals surface area (Å²) in [4.78, 5) is 2.41. The lowest BCUT2D eigenvalue weighted by Crippen LogP contribution is -2.28. The fraction of sp³-hybridized carbons (Fsp3) is 0.0196. The van der Waals surface area contributed by atoms with Crippen LogP contribution in [0.2, 0.25) is 0 Å². The highest BCUT2D eigenvalue weighted by molar-refractivity contribution is 6.17. The van der Waals surface area contributed by atoms with Crippen molar-refractivity contribution < 1.29 is 4.42 Å². The third-order valence-electron chi connectivity index (χ3n) is 11.3. The number of hydrogen-bond acceptors (Lipinski definition) is 2. The Morgan fingerprint density at radius 3 is 1.68 bits per heavy atom. The van der Waals surface area contributed by atoms with Gasteiger partial charge in [0.25, 0.3) is 0 Å². The highest BCUT2D eigenvalue weighted by Gasteiger charge is 2.48. The SMILES string of the molecule is c1ccc(N(c2cc3c(c4ccccc24)-c2c(ccc4ccccc24)C3(c2ccccc2)c2ccccc2)c2cccc3c2oc2ccccc23)cc1. The van der Waals surface area contributed by atoms with Crippen LogP contribution in [0.15, 0.2) is 205 Å².